The van der Waals surface area contributed by atoms with Crippen molar-refractivity contribution in [1.82, 2.24) is 5.32 Å². The molecule has 1 heterocycles. The van der Waals surface area contributed by atoms with Crippen LogP contribution >= 0.6 is 0 Å². The fourth-order valence-corrected chi connectivity index (χ4v) is 2.57. The van der Waals surface area contributed by atoms with E-state index in [1.54, 1.807) is 19.2 Å². The second-order valence-corrected chi connectivity index (χ2v) is 5.42. The molecule has 0 unspecified atom stereocenters. The normalized spacial score (nSPS) is 16.6. The van der Waals surface area contributed by atoms with Crippen LogP contribution in [0, 0.1) is 10.1 Å². The molecule has 2 rings (SSSR count). The summed E-state index contributed by atoms with van der Waals surface area (Å²) in [7, 11) is 3.11. The zero-order chi connectivity index (χ0) is 16.9. The number of anilines is 1. The van der Waals surface area contributed by atoms with E-state index in [4.69, 9.17) is 9.47 Å². The lowest BCUT2D eigenvalue weighted by molar-refractivity contribution is -0.384. The molecule has 1 saturated heterocycles. The number of hydrogen-bond donors (Lipinski definition) is 2. The fourth-order valence-electron chi connectivity index (χ4n) is 2.57. The maximum atomic E-state index is 11.6. The van der Waals surface area contributed by atoms with Gasteiger partial charge in [0.2, 0.25) is 0 Å². The molecule has 8 heteroatoms. The van der Waals surface area contributed by atoms with Gasteiger partial charge in [-0.2, -0.15) is 0 Å². The molecule has 0 spiro atoms. The Morgan fingerprint density at radius 1 is 1.43 bits per heavy atom. The first-order valence-corrected chi connectivity index (χ1v) is 7.38. The lowest BCUT2D eigenvalue weighted by atomic mass is 9.94. The maximum Gasteiger partial charge on any atom is 0.293 e. The Bertz CT molecular complexity index is 584. The number of nitro groups is 1. The van der Waals surface area contributed by atoms with Crippen molar-refractivity contribution in [2.24, 2.45) is 0 Å². The van der Waals surface area contributed by atoms with Crippen LogP contribution in [0.5, 0.6) is 0 Å². The lowest BCUT2D eigenvalue weighted by Crippen LogP contribution is -2.44. The average Bonchev–Trinajstić information content (AvgIpc) is 2.59. The summed E-state index contributed by atoms with van der Waals surface area (Å²) < 4.78 is 10.9. The number of benzene rings is 1. The second kappa shape index (κ2) is 7.38. The van der Waals surface area contributed by atoms with Crippen LogP contribution in [0.25, 0.3) is 0 Å². The quantitative estimate of drug-likeness (QED) is 0.608. The molecule has 1 amide bonds. The molecule has 0 atom stereocenters. The number of nitrogens with one attached hydrogen (secondary N) is 2. The molecule has 0 bridgehead atoms. The zero-order valence-corrected chi connectivity index (χ0v) is 13.3. The highest BCUT2D eigenvalue weighted by atomic mass is 16.6. The highest BCUT2D eigenvalue weighted by Gasteiger charge is 2.33. The predicted molar refractivity (Wildman–Crippen MR) is 84.8 cm³/mol. The molecule has 126 valence electrons. The van der Waals surface area contributed by atoms with E-state index in [0.717, 1.165) is 12.8 Å². The monoisotopic (exact) mass is 323 g/mol. The lowest BCUT2D eigenvalue weighted by Gasteiger charge is -2.36. The van der Waals surface area contributed by atoms with E-state index in [-0.39, 0.29) is 17.2 Å². The second-order valence-electron chi connectivity index (χ2n) is 5.42. The first-order valence-electron chi connectivity index (χ1n) is 7.38. The number of nitrogens with zero attached hydrogens (tertiary/aromatic N) is 1. The van der Waals surface area contributed by atoms with Gasteiger partial charge < -0.3 is 20.1 Å². The van der Waals surface area contributed by atoms with Crippen LogP contribution in [-0.4, -0.2) is 50.3 Å². The number of rotatable bonds is 6. The van der Waals surface area contributed by atoms with Crippen LogP contribution in [0.4, 0.5) is 11.4 Å². The van der Waals surface area contributed by atoms with Crippen LogP contribution < -0.4 is 10.6 Å². The number of carbonyl (C=O) groups excluding carboxylic acids is 1. The van der Waals surface area contributed by atoms with Crippen LogP contribution in [0.1, 0.15) is 23.2 Å². The number of ether oxygens (including phenoxy) is 2. The first kappa shape index (κ1) is 17.2. The van der Waals surface area contributed by atoms with Crippen molar-refractivity contribution in [3.63, 3.8) is 0 Å². The summed E-state index contributed by atoms with van der Waals surface area (Å²) in [5.41, 5.74) is 0.0817. The third-order valence-electron chi connectivity index (χ3n) is 4.12. The van der Waals surface area contributed by atoms with Crippen molar-refractivity contribution >= 4 is 17.3 Å². The number of methoxy groups -OCH3 is 1. The predicted octanol–water partition coefficient (Wildman–Crippen LogP) is 1.56. The Morgan fingerprint density at radius 2 is 2.13 bits per heavy atom. The highest BCUT2D eigenvalue weighted by molar-refractivity contribution is 5.95. The summed E-state index contributed by atoms with van der Waals surface area (Å²) >= 11 is 0. The molecule has 1 aromatic carbocycles. The summed E-state index contributed by atoms with van der Waals surface area (Å²) in [6.07, 6.45) is 1.45. The van der Waals surface area contributed by atoms with Gasteiger partial charge >= 0.3 is 0 Å². The molecule has 0 saturated carbocycles. The molecule has 23 heavy (non-hydrogen) atoms. The molecule has 0 aliphatic carbocycles. The molecule has 2 N–H and O–H groups in total. The summed E-state index contributed by atoms with van der Waals surface area (Å²) in [4.78, 5) is 22.4. The highest BCUT2D eigenvalue weighted by Crippen LogP contribution is 2.29. The molecule has 1 aliphatic rings. The van der Waals surface area contributed by atoms with Crippen molar-refractivity contribution in [2.75, 3.05) is 39.2 Å². The van der Waals surface area contributed by atoms with E-state index in [2.05, 4.69) is 10.6 Å². The van der Waals surface area contributed by atoms with Crippen LogP contribution in [0.15, 0.2) is 18.2 Å². The van der Waals surface area contributed by atoms with Gasteiger partial charge in [0.15, 0.2) is 0 Å². The van der Waals surface area contributed by atoms with Gasteiger partial charge in [0.1, 0.15) is 5.69 Å². The van der Waals surface area contributed by atoms with E-state index in [0.29, 0.717) is 25.4 Å². The molecule has 0 aromatic heterocycles. The first-order chi connectivity index (χ1) is 11.0. The maximum absolute atomic E-state index is 11.6. The van der Waals surface area contributed by atoms with Crippen molar-refractivity contribution in [1.29, 1.82) is 0 Å². The Kier molecular flexibility index (Phi) is 5.51. The van der Waals surface area contributed by atoms with Gasteiger partial charge in [-0.15, -0.1) is 0 Å². The molecule has 8 nitrogen and oxygen atoms in total. The van der Waals surface area contributed by atoms with Gasteiger partial charge in [0.25, 0.3) is 11.6 Å². The largest absolute Gasteiger partial charge is 0.381 e. The van der Waals surface area contributed by atoms with Gasteiger partial charge in [-0.25, -0.2) is 0 Å². The van der Waals surface area contributed by atoms with Gasteiger partial charge in [-0.1, -0.05) is 0 Å². The number of nitro benzene ring substituents is 1. The van der Waals surface area contributed by atoms with Crippen LogP contribution in [-0.2, 0) is 9.47 Å². The van der Waals surface area contributed by atoms with Crippen molar-refractivity contribution in [3.8, 4) is 0 Å². The Hall–Kier alpha value is -2.19. The Balaban J connectivity index is 2.18. The van der Waals surface area contributed by atoms with Crippen molar-refractivity contribution in [2.45, 2.75) is 18.4 Å². The molecular formula is C15H21N3O5. The number of carbonyl (C=O) groups is 1. The summed E-state index contributed by atoms with van der Waals surface area (Å²) in [5.74, 6) is -0.363. The molecule has 1 aliphatic heterocycles. The molecular weight excluding hydrogens is 302 g/mol. The van der Waals surface area contributed by atoms with E-state index in [1.165, 1.54) is 13.1 Å². The Morgan fingerprint density at radius 3 is 2.70 bits per heavy atom. The van der Waals surface area contributed by atoms with E-state index in [9.17, 15) is 14.9 Å². The molecule has 1 aromatic rings. The van der Waals surface area contributed by atoms with Gasteiger partial charge in [0, 0.05) is 58.4 Å². The van der Waals surface area contributed by atoms with Crippen LogP contribution in [0.3, 0.4) is 0 Å². The standard InChI is InChI=1S/C15H21N3O5/c1-16-14(19)11-3-4-12(13(9-11)18(20)21)17-10-15(22-2)5-7-23-8-6-15/h3-4,9,17H,5-8,10H2,1-2H3,(H,16,19). The topological polar surface area (TPSA) is 103 Å². The van der Waals surface area contributed by atoms with E-state index < -0.39 is 10.5 Å². The smallest absolute Gasteiger partial charge is 0.293 e. The van der Waals surface area contributed by atoms with Gasteiger partial charge in [0.05, 0.1) is 10.5 Å². The van der Waals surface area contributed by atoms with E-state index in [1.807, 2.05) is 0 Å². The van der Waals surface area contributed by atoms with Gasteiger partial charge in [-0.05, 0) is 12.1 Å². The average molecular weight is 323 g/mol. The number of amides is 1. The summed E-state index contributed by atoms with van der Waals surface area (Å²) in [6.45, 7) is 1.65. The molecule has 0 radical (unpaired) electrons. The number of hydrogen-bond acceptors (Lipinski definition) is 6. The minimum atomic E-state index is -0.502. The third-order valence-corrected chi connectivity index (χ3v) is 4.12. The Labute approximate surface area is 134 Å². The van der Waals surface area contributed by atoms with Crippen molar-refractivity contribution < 1.29 is 19.2 Å². The SMILES string of the molecule is CNC(=O)c1ccc(NCC2(OC)CCOCC2)c([N+](=O)[O-])c1. The third kappa shape index (κ3) is 3.96. The van der Waals surface area contributed by atoms with Crippen LogP contribution in [0.2, 0.25) is 0 Å². The summed E-state index contributed by atoms with van der Waals surface area (Å²) in [6, 6.07) is 4.37. The fraction of sp³-hybridized carbons (Fsp3) is 0.533. The molecule has 1 fully saturated rings. The minimum Gasteiger partial charge on any atom is -0.381 e. The minimum absolute atomic E-state index is 0.135. The van der Waals surface area contributed by atoms with E-state index >= 15 is 0 Å². The van der Waals surface area contributed by atoms with Crippen molar-refractivity contribution in [3.05, 3.63) is 33.9 Å². The summed E-state index contributed by atoms with van der Waals surface area (Å²) in [5, 5.41) is 16.8. The van der Waals surface area contributed by atoms with Gasteiger partial charge in [-0.3, -0.25) is 14.9 Å². The zero-order valence-electron chi connectivity index (χ0n) is 13.3.